The Bertz CT molecular complexity index is 852. The van der Waals surface area contributed by atoms with Gasteiger partial charge in [-0.3, -0.25) is 9.59 Å². The first kappa shape index (κ1) is 18.8. The smallest absolute Gasteiger partial charge is 0.233 e. The molecule has 8 heteroatoms. The molecule has 0 spiro atoms. The van der Waals surface area contributed by atoms with E-state index in [2.05, 4.69) is 5.32 Å². The van der Waals surface area contributed by atoms with E-state index in [1.54, 1.807) is 18.2 Å². The molecule has 3 rings (SSSR count). The van der Waals surface area contributed by atoms with Crippen molar-refractivity contribution in [3.63, 3.8) is 0 Å². The molecule has 1 heterocycles. The number of piperazine rings is 1. The van der Waals surface area contributed by atoms with Crippen LogP contribution in [0.1, 0.15) is 6.42 Å². The second kappa shape index (κ2) is 8.11. The zero-order valence-corrected chi connectivity index (χ0v) is 14.4. The first-order chi connectivity index (χ1) is 12.9. The third-order valence-corrected chi connectivity index (χ3v) is 4.34. The monoisotopic (exact) mass is 377 g/mol. The van der Waals surface area contributed by atoms with Gasteiger partial charge in [-0.2, -0.15) is 0 Å². The lowest BCUT2D eigenvalue weighted by molar-refractivity contribution is -0.134. The molecule has 0 saturated carbocycles. The molecular weight excluding hydrogens is 359 g/mol. The van der Waals surface area contributed by atoms with Crippen LogP contribution in [0, 0.1) is 17.5 Å². The zero-order chi connectivity index (χ0) is 19.4. The molecule has 1 fully saturated rings. The summed E-state index contributed by atoms with van der Waals surface area (Å²) in [5, 5.41) is 2.37. The number of halogens is 3. The van der Waals surface area contributed by atoms with E-state index in [1.165, 1.54) is 17.0 Å². The predicted octanol–water partition coefficient (Wildman–Crippen LogP) is 2.78. The Morgan fingerprint density at radius 1 is 0.889 bits per heavy atom. The fraction of sp³-hybridized carbons (Fsp3) is 0.263. The van der Waals surface area contributed by atoms with Crippen molar-refractivity contribution in [3.05, 3.63) is 59.9 Å². The summed E-state index contributed by atoms with van der Waals surface area (Å²) >= 11 is 0. The summed E-state index contributed by atoms with van der Waals surface area (Å²) in [7, 11) is 0. The van der Waals surface area contributed by atoms with Gasteiger partial charge in [0.15, 0.2) is 11.6 Å². The van der Waals surface area contributed by atoms with E-state index in [9.17, 15) is 22.8 Å². The highest BCUT2D eigenvalue weighted by Crippen LogP contribution is 2.20. The number of nitrogens with one attached hydrogen (secondary N) is 1. The Morgan fingerprint density at radius 2 is 1.59 bits per heavy atom. The van der Waals surface area contributed by atoms with Gasteiger partial charge in [0.25, 0.3) is 0 Å². The average Bonchev–Trinajstić information content (AvgIpc) is 2.65. The van der Waals surface area contributed by atoms with Gasteiger partial charge in [-0.1, -0.05) is 12.1 Å². The van der Waals surface area contributed by atoms with Crippen LogP contribution < -0.4 is 10.2 Å². The van der Waals surface area contributed by atoms with E-state index in [1.807, 2.05) is 4.90 Å². The molecule has 2 aromatic carbocycles. The summed E-state index contributed by atoms with van der Waals surface area (Å²) in [6.45, 7) is 1.65. The maximum atomic E-state index is 13.8. The molecule has 5 nitrogen and oxygen atoms in total. The summed E-state index contributed by atoms with van der Waals surface area (Å²) in [5.74, 6) is -3.39. The van der Waals surface area contributed by atoms with Crippen LogP contribution in [0.25, 0.3) is 0 Å². The van der Waals surface area contributed by atoms with Crippen LogP contribution in [0.15, 0.2) is 42.5 Å². The minimum absolute atomic E-state index is 0.0797. The highest BCUT2D eigenvalue weighted by molar-refractivity contribution is 6.03. The molecule has 1 aliphatic rings. The minimum atomic E-state index is -1.08. The van der Waals surface area contributed by atoms with E-state index in [0.29, 0.717) is 31.9 Å². The van der Waals surface area contributed by atoms with Crippen LogP contribution in [0.4, 0.5) is 24.5 Å². The molecule has 27 heavy (non-hydrogen) atoms. The first-order valence-electron chi connectivity index (χ1n) is 8.46. The van der Waals surface area contributed by atoms with Gasteiger partial charge in [-0.15, -0.1) is 0 Å². The minimum Gasteiger partial charge on any atom is -0.366 e. The van der Waals surface area contributed by atoms with E-state index >= 15 is 0 Å². The molecular formula is C19H18F3N3O2. The van der Waals surface area contributed by atoms with Crippen molar-refractivity contribution < 1.29 is 22.8 Å². The van der Waals surface area contributed by atoms with Gasteiger partial charge >= 0.3 is 0 Å². The van der Waals surface area contributed by atoms with Crippen LogP contribution >= 0.6 is 0 Å². The normalized spacial score (nSPS) is 14.2. The van der Waals surface area contributed by atoms with Gasteiger partial charge in [0, 0.05) is 37.9 Å². The van der Waals surface area contributed by atoms with E-state index < -0.39 is 24.0 Å². The summed E-state index contributed by atoms with van der Waals surface area (Å²) in [6.07, 6.45) is -0.404. The number of hydrogen-bond donors (Lipinski definition) is 1. The molecule has 0 atom stereocenters. The summed E-state index contributed by atoms with van der Waals surface area (Å²) in [5.41, 5.74) is 0.566. The zero-order valence-electron chi connectivity index (χ0n) is 14.4. The van der Waals surface area contributed by atoms with Crippen molar-refractivity contribution in [3.8, 4) is 0 Å². The highest BCUT2D eigenvalue weighted by atomic mass is 19.2. The maximum Gasteiger partial charge on any atom is 0.233 e. The number of nitrogens with zero attached hydrogens (tertiary/aromatic N) is 2. The van der Waals surface area contributed by atoms with Crippen molar-refractivity contribution >= 4 is 23.2 Å². The van der Waals surface area contributed by atoms with Crippen LogP contribution in [-0.4, -0.2) is 42.9 Å². The van der Waals surface area contributed by atoms with Crippen LogP contribution in [-0.2, 0) is 9.59 Å². The predicted molar refractivity (Wildman–Crippen MR) is 94.8 cm³/mol. The Kier molecular flexibility index (Phi) is 5.63. The number of anilines is 2. The Labute approximate surface area is 154 Å². The molecule has 2 amide bonds. The Hall–Kier alpha value is -3.03. The largest absolute Gasteiger partial charge is 0.366 e. The van der Waals surface area contributed by atoms with Gasteiger partial charge in [0.1, 0.15) is 12.2 Å². The van der Waals surface area contributed by atoms with Crippen LogP contribution in [0.2, 0.25) is 0 Å². The molecule has 0 aliphatic carbocycles. The lowest BCUT2D eigenvalue weighted by Gasteiger charge is -2.36. The second-order valence-corrected chi connectivity index (χ2v) is 6.17. The highest BCUT2D eigenvalue weighted by Gasteiger charge is 2.24. The number of carbonyl (C=O) groups is 2. The molecule has 1 N–H and O–H groups in total. The van der Waals surface area contributed by atoms with Crippen molar-refractivity contribution in [2.24, 2.45) is 0 Å². The number of benzene rings is 2. The Balaban J connectivity index is 1.51. The number of rotatable bonds is 4. The molecule has 142 valence electrons. The van der Waals surface area contributed by atoms with Crippen molar-refractivity contribution in [1.82, 2.24) is 4.90 Å². The summed E-state index contributed by atoms with van der Waals surface area (Å²) in [4.78, 5) is 27.6. The van der Waals surface area contributed by atoms with Crippen LogP contribution in [0.3, 0.4) is 0 Å². The Morgan fingerprint density at radius 3 is 2.26 bits per heavy atom. The van der Waals surface area contributed by atoms with Gasteiger partial charge in [-0.25, -0.2) is 13.2 Å². The lowest BCUT2D eigenvalue weighted by atomic mass is 10.2. The molecule has 1 saturated heterocycles. The molecule has 0 bridgehead atoms. The number of hydrogen-bond acceptors (Lipinski definition) is 3. The van der Waals surface area contributed by atoms with E-state index in [0.717, 1.165) is 12.1 Å². The summed E-state index contributed by atoms with van der Waals surface area (Å²) < 4.78 is 39.9. The van der Waals surface area contributed by atoms with Crippen LogP contribution in [0.5, 0.6) is 0 Å². The van der Waals surface area contributed by atoms with Gasteiger partial charge < -0.3 is 15.1 Å². The SMILES string of the molecule is O=C(CC(=O)N1CCN(c2ccccc2F)CC1)Nc1ccc(F)c(F)c1. The van der Waals surface area contributed by atoms with Crippen molar-refractivity contribution in [2.75, 3.05) is 36.4 Å². The number of carbonyl (C=O) groups excluding carboxylic acids is 2. The molecule has 2 aromatic rings. The third-order valence-electron chi connectivity index (χ3n) is 4.34. The molecule has 0 aromatic heterocycles. The lowest BCUT2D eigenvalue weighted by Crippen LogP contribution is -2.49. The van der Waals surface area contributed by atoms with Crippen molar-refractivity contribution in [2.45, 2.75) is 6.42 Å². The molecule has 0 radical (unpaired) electrons. The second-order valence-electron chi connectivity index (χ2n) is 6.17. The van der Waals surface area contributed by atoms with E-state index in [4.69, 9.17) is 0 Å². The fourth-order valence-electron chi connectivity index (χ4n) is 2.93. The van der Waals surface area contributed by atoms with Crippen molar-refractivity contribution in [1.29, 1.82) is 0 Å². The molecule has 1 aliphatic heterocycles. The standard InChI is InChI=1S/C19H18F3N3O2/c20-14-6-5-13(11-16(14)22)23-18(26)12-19(27)25-9-7-24(8-10-25)17-4-2-1-3-15(17)21/h1-6,11H,7-10,12H2,(H,23,26). The number of para-hydroxylation sites is 1. The van der Waals surface area contributed by atoms with Gasteiger partial charge in [-0.05, 0) is 24.3 Å². The first-order valence-corrected chi connectivity index (χ1v) is 8.46. The van der Waals surface area contributed by atoms with E-state index in [-0.39, 0.29) is 17.4 Å². The third kappa shape index (κ3) is 4.58. The van der Waals surface area contributed by atoms with Gasteiger partial charge in [0.05, 0.1) is 5.69 Å². The maximum absolute atomic E-state index is 13.8. The average molecular weight is 377 g/mol. The quantitative estimate of drug-likeness (QED) is 0.834. The number of amides is 2. The topological polar surface area (TPSA) is 52.7 Å². The molecule has 0 unspecified atom stereocenters. The van der Waals surface area contributed by atoms with Gasteiger partial charge in [0.2, 0.25) is 11.8 Å². The summed E-state index contributed by atoms with van der Waals surface area (Å²) in [6, 6.07) is 9.40. The fourth-order valence-corrected chi connectivity index (χ4v) is 2.93.